The molecule has 0 aliphatic rings. The van der Waals surface area contributed by atoms with E-state index in [0.717, 1.165) is 0 Å². The van der Waals surface area contributed by atoms with Gasteiger partial charge in [0.05, 0.1) is 4.90 Å². The minimum Gasteiger partial charge on any atom is -0.398 e. The average Bonchev–Trinajstić information content (AvgIpc) is 2.34. The van der Waals surface area contributed by atoms with Gasteiger partial charge in [-0.3, -0.25) is 4.21 Å². The maximum Gasteiger partial charge on any atom is 0.240 e. The van der Waals surface area contributed by atoms with Gasteiger partial charge in [0, 0.05) is 39.6 Å². The Morgan fingerprint density at radius 2 is 2.05 bits per heavy atom. The van der Waals surface area contributed by atoms with Crippen LogP contribution in [0.5, 0.6) is 0 Å². The average molecular weight is 325 g/mol. The number of nitrogens with one attached hydrogen (secondary N) is 1. The Bertz CT molecular complexity index is 565. The molecule has 0 saturated carbocycles. The third kappa shape index (κ3) is 4.45. The second kappa shape index (κ2) is 6.69. The molecule has 0 saturated heterocycles. The van der Waals surface area contributed by atoms with E-state index in [2.05, 4.69) is 4.72 Å². The van der Waals surface area contributed by atoms with E-state index in [0.29, 0.717) is 22.0 Å². The molecule has 108 valence electrons. The Morgan fingerprint density at radius 1 is 1.42 bits per heavy atom. The molecule has 1 aromatic rings. The number of rotatable bonds is 6. The Hall–Kier alpha value is -0.630. The van der Waals surface area contributed by atoms with Crippen molar-refractivity contribution < 1.29 is 12.6 Å². The van der Waals surface area contributed by atoms with Crippen LogP contribution in [-0.4, -0.2) is 30.7 Å². The summed E-state index contributed by atoms with van der Waals surface area (Å²) < 4.78 is 37.6. The number of nitrogen functional groups attached to an aromatic ring is 1. The molecule has 1 unspecified atom stereocenters. The van der Waals surface area contributed by atoms with Crippen molar-refractivity contribution in [1.82, 2.24) is 4.72 Å². The molecule has 0 heterocycles. The van der Waals surface area contributed by atoms with Gasteiger partial charge in [0.1, 0.15) is 0 Å². The zero-order valence-corrected chi connectivity index (χ0v) is 13.2. The Labute approximate surface area is 121 Å². The molecule has 0 aliphatic heterocycles. The van der Waals surface area contributed by atoms with Gasteiger partial charge >= 0.3 is 0 Å². The van der Waals surface area contributed by atoms with E-state index in [-0.39, 0.29) is 17.2 Å². The highest BCUT2D eigenvalue weighted by Gasteiger charge is 2.16. The summed E-state index contributed by atoms with van der Waals surface area (Å²) >= 11 is 5.91. The Morgan fingerprint density at radius 3 is 2.58 bits per heavy atom. The predicted octanol–water partition coefficient (Wildman–Crippen LogP) is 1.28. The lowest BCUT2D eigenvalue weighted by Crippen LogP contribution is -2.28. The number of hydrogen-bond acceptors (Lipinski definition) is 4. The molecule has 0 aliphatic carbocycles. The van der Waals surface area contributed by atoms with Gasteiger partial charge in [0.2, 0.25) is 10.0 Å². The third-order valence-electron chi connectivity index (χ3n) is 2.61. The molecule has 1 aromatic carbocycles. The Balaban J connectivity index is 2.86. The van der Waals surface area contributed by atoms with Gasteiger partial charge in [-0.1, -0.05) is 18.5 Å². The molecule has 8 heteroatoms. The molecule has 5 nitrogen and oxygen atoms in total. The number of anilines is 1. The largest absolute Gasteiger partial charge is 0.398 e. The molecule has 0 bridgehead atoms. The summed E-state index contributed by atoms with van der Waals surface area (Å²) in [5.74, 6) is 0.788. The first-order valence-electron chi connectivity index (χ1n) is 5.68. The maximum atomic E-state index is 12.0. The highest BCUT2D eigenvalue weighted by atomic mass is 35.5. The zero-order valence-electron chi connectivity index (χ0n) is 10.8. The molecule has 0 spiro atoms. The number of halogens is 1. The minimum absolute atomic E-state index is 0.0166. The van der Waals surface area contributed by atoms with E-state index >= 15 is 0 Å². The number of sulfonamides is 1. The van der Waals surface area contributed by atoms with Gasteiger partial charge in [-0.05, 0) is 24.6 Å². The van der Waals surface area contributed by atoms with Crippen LogP contribution in [0.3, 0.4) is 0 Å². The second-order valence-corrected chi connectivity index (χ2v) is 7.99. The molecule has 0 aromatic heterocycles. The van der Waals surface area contributed by atoms with Crippen molar-refractivity contribution in [3.8, 4) is 0 Å². The van der Waals surface area contributed by atoms with Crippen LogP contribution in [0.2, 0.25) is 5.02 Å². The third-order valence-corrected chi connectivity index (χ3v) is 5.75. The quantitative estimate of drug-likeness (QED) is 0.771. The van der Waals surface area contributed by atoms with Crippen LogP contribution in [-0.2, 0) is 20.8 Å². The molecule has 0 radical (unpaired) electrons. The number of nitrogens with two attached hydrogens (primary N) is 1. The molecular weight excluding hydrogens is 308 g/mol. The number of hydrogen-bond donors (Lipinski definition) is 2. The first-order chi connectivity index (χ1) is 8.77. The number of benzene rings is 1. The smallest absolute Gasteiger partial charge is 0.240 e. The van der Waals surface area contributed by atoms with Crippen molar-refractivity contribution in [2.24, 2.45) is 0 Å². The molecule has 19 heavy (non-hydrogen) atoms. The standard InChI is InChI=1S/C11H17ClN2O3S2/c1-3-18(15)5-4-14-19(16,17)9-6-10(12)8(2)11(13)7-9/h6-7,14H,3-5,13H2,1-2H3. The van der Waals surface area contributed by atoms with E-state index in [1.165, 1.54) is 12.1 Å². The van der Waals surface area contributed by atoms with Gasteiger partial charge < -0.3 is 5.73 Å². The SMILES string of the molecule is CCS(=O)CCNS(=O)(=O)c1cc(N)c(C)c(Cl)c1. The van der Waals surface area contributed by atoms with E-state index < -0.39 is 20.8 Å². The lowest BCUT2D eigenvalue weighted by Gasteiger charge is -2.09. The molecule has 0 amide bonds. The van der Waals surface area contributed by atoms with E-state index in [4.69, 9.17) is 17.3 Å². The fraction of sp³-hybridized carbons (Fsp3) is 0.455. The lowest BCUT2D eigenvalue weighted by molar-refractivity contribution is 0.584. The van der Waals surface area contributed by atoms with Crippen molar-refractivity contribution in [3.05, 3.63) is 22.7 Å². The van der Waals surface area contributed by atoms with Crippen LogP contribution in [0.4, 0.5) is 5.69 Å². The van der Waals surface area contributed by atoms with Gasteiger partial charge in [-0.15, -0.1) is 0 Å². The summed E-state index contributed by atoms with van der Waals surface area (Å²) in [4.78, 5) is 0.0166. The summed E-state index contributed by atoms with van der Waals surface area (Å²) in [5, 5.41) is 0.303. The van der Waals surface area contributed by atoms with E-state index in [1.807, 2.05) is 0 Å². The van der Waals surface area contributed by atoms with Crippen molar-refractivity contribution in [2.75, 3.05) is 23.8 Å². The normalized spacial score (nSPS) is 13.4. The van der Waals surface area contributed by atoms with Crippen molar-refractivity contribution in [2.45, 2.75) is 18.7 Å². The van der Waals surface area contributed by atoms with Crippen LogP contribution in [0.25, 0.3) is 0 Å². The van der Waals surface area contributed by atoms with Crippen LogP contribution in [0, 0.1) is 6.92 Å². The first-order valence-corrected chi connectivity index (χ1v) is 9.03. The Kier molecular flexibility index (Phi) is 5.79. The fourth-order valence-electron chi connectivity index (χ4n) is 1.35. The molecular formula is C11H17ClN2O3S2. The predicted molar refractivity (Wildman–Crippen MR) is 79.3 cm³/mol. The topological polar surface area (TPSA) is 89.3 Å². The lowest BCUT2D eigenvalue weighted by atomic mass is 10.2. The van der Waals surface area contributed by atoms with Crippen LogP contribution in [0.1, 0.15) is 12.5 Å². The second-order valence-electron chi connectivity index (χ2n) is 3.95. The van der Waals surface area contributed by atoms with Gasteiger partial charge in [0.25, 0.3) is 0 Å². The van der Waals surface area contributed by atoms with Crippen LogP contribution < -0.4 is 10.5 Å². The molecule has 3 N–H and O–H groups in total. The van der Waals surface area contributed by atoms with Crippen molar-refractivity contribution in [3.63, 3.8) is 0 Å². The summed E-state index contributed by atoms with van der Waals surface area (Å²) in [6, 6.07) is 2.71. The van der Waals surface area contributed by atoms with Crippen molar-refractivity contribution in [1.29, 1.82) is 0 Å². The van der Waals surface area contributed by atoms with E-state index in [1.54, 1.807) is 13.8 Å². The molecule has 0 fully saturated rings. The summed E-state index contributed by atoms with van der Waals surface area (Å²) in [6.45, 7) is 3.62. The van der Waals surface area contributed by atoms with Crippen LogP contribution in [0.15, 0.2) is 17.0 Å². The zero-order chi connectivity index (χ0) is 14.6. The van der Waals surface area contributed by atoms with E-state index in [9.17, 15) is 12.6 Å². The van der Waals surface area contributed by atoms with Crippen molar-refractivity contribution >= 4 is 38.1 Å². The minimum atomic E-state index is -3.67. The first kappa shape index (κ1) is 16.4. The van der Waals surface area contributed by atoms with Gasteiger partial charge in [-0.2, -0.15) is 0 Å². The van der Waals surface area contributed by atoms with Crippen LogP contribution >= 0.6 is 11.6 Å². The van der Waals surface area contributed by atoms with Gasteiger partial charge in [-0.25, -0.2) is 13.1 Å². The monoisotopic (exact) mass is 324 g/mol. The summed E-state index contributed by atoms with van der Waals surface area (Å²) in [7, 11) is -4.68. The maximum absolute atomic E-state index is 12.0. The summed E-state index contributed by atoms with van der Waals surface area (Å²) in [6.07, 6.45) is 0. The molecule has 1 rings (SSSR count). The summed E-state index contributed by atoms with van der Waals surface area (Å²) in [5.41, 5.74) is 6.66. The van der Waals surface area contributed by atoms with Gasteiger partial charge in [0.15, 0.2) is 0 Å². The highest BCUT2D eigenvalue weighted by Crippen LogP contribution is 2.25. The molecule has 1 atom stereocenters. The fourth-order valence-corrected chi connectivity index (χ4v) is 3.48. The highest BCUT2D eigenvalue weighted by molar-refractivity contribution is 7.89.